The van der Waals surface area contributed by atoms with E-state index in [9.17, 15) is 19.2 Å². The molecule has 0 spiro atoms. The average Bonchev–Trinajstić information content (AvgIpc) is 2.99. The Morgan fingerprint density at radius 2 is 1.54 bits per heavy atom. The van der Waals surface area contributed by atoms with Crippen LogP contribution < -0.4 is 14.2 Å². The summed E-state index contributed by atoms with van der Waals surface area (Å²) in [4.78, 5) is 22.8. The predicted molar refractivity (Wildman–Crippen MR) is 156 cm³/mol. The molecule has 1 amide bonds. The lowest BCUT2D eigenvalue weighted by Crippen LogP contribution is -2.08. The summed E-state index contributed by atoms with van der Waals surface area (Å²) >= 11 is 0. The molecule has 0 atom stereocenters. The molecule has 41 heavy (non-hydrogen) atoms. The maximum absolute atomic E-state index is 13.3. The number of hydrogen-bond acceptors (Lipinski definition) is 6. The molecular formula is C33H32FNO6. The minimum Gasteiger partial charge on any atom is -0.507 e. The van der Waals surface area contributed by atoms with Crippen molar-refractivity contribution in [2.24, 2.45) is 5.18 Å². The van der Waals surface area contributed by atoms with E-state index < -0.39 is 5.91 Å². The van der Waals surface area contributed by atoms with Crippen molar-refractivity contribution >= 4 is 5.91 Å². The number of hydrogen-bond donors (Lipinski definition) is 1. The number of aromatic hydroxyl groups is 1. The van der Waals surface area contributed by atoms with Crippen LogP contribution >= 0.6 is 0 Å². The van der Waals surface area contributed by atoms with E-state index >= 15 is 0 Å². The van der Waals surface area contributed by atoms with Crippen LogP contribution in [0.4, 0.5) is 4.39 Å². The van der Waals surface area contributed by atoms with Crippen LogP contribution in [0.15, 0.2) is 84.0 Å². The number of carbonyl (C=O) groups is 1. The fourth-order valence-corrected chi connectivity index (χ4v) is 4.48. The summed E-state index contributed by atoms with van der Waals surface area (Å²) in [6.45, 7) is 4.80. The van der Waals surface area contributed by atoms with Crippen molar-refractivity contribution < 1.29 is 28.5 Å². The third kappa shape index (κ3) is 7.28. The van der Waals surface area contributed by atoms with Crippen molar-refractivity contribution in [1.29, 1.82) is 0 Å². The van der Waals surface area contributed by atoms with Crippen LogP contribution in [-0.2, 0) is 12.8 Å². The second-order valence-corrected chi connectivity index (χ2v) is 9.37. The van der Waals surface area contributed by atoms with Crippen molar-refractivity contribution in [3.05, 3.63) is 106 Å². The van der Waals surface area contributed by atoms with Gasteiger partial charge in [0.05, 0.1) is 18.8 Å². The lowest BCUT2D eigenvalue weighted by atomic mass is 10.00. The van der Waals surface area contributed by atoms with Crippen LogP contribution in [0.2, 0.25) is 0 Å². The molecule has 0 aliphatic rings. The van der Waals surface area contributed by atoms with Crippen LogP contribution in [0, 0.1) is 10.7 Å². The Hall–Kier alpha value is -4.72. The third-order valence-electron chi connectivity index (χ3n) is 6.53. The number of nitrogens with zero attached hydrogens (tertiary/aromatic N) is 1. The zero-order chi connectivity index (χ0) is 29.2. The average molecular weight is 558 g/mol. The number of carbonyl (C=O) groups excluding carboxylic acids is 1. The third-order valence-corrected chi connectivity index (χ3v) is 6.53. The SMILES string of the molecule is CCCc1c(OCCCOc2cc(O)c(-c3ccc(F)cc3)cc2CC)cccc1Oc1ccccc1C(=O)N=O. The first kappa shape index (κ1) is 29.3. The van der Waals surface area contributed by atoms with Gasteiger partial charge >= 0.3 is 5.91 Å². The first-order valence-corrected chi connectivity index (χ1v) is 13.6. The molecule has 0 heterocycles. The second kappa shape index (κ2) is 14.1. The first-order chi connectivity index (χ1) is 19.9. The molecule has 0 radical (unpaired) electrons. The van der Waals surface area contributed by atoms with Crippen LogP contribution in [0.5, 0.6) is 28.7 Å². The summed E-state index contributed by atoms with van der Waals surface area (Å²) < 4.78 is 31.5. The van der Waals surface area contributed by atoms with Gasteiger partial charge in [0.2, 0.25) is 0 Å². The van der Waals surface area contributed by atoms with Gasteiger partial charge in [-0.3, -0.25) is 4.79 Å². The number of amides is 1. The first-order valence-electron chi connectivity index (χ1n) is 13.6. The largest absolute Gasteiger partial charge is 0.507 e. The van der Waals surface area contributed by atoms with Gasteiger partial charge in [-0.25, -0.2) is 4.39 Å². The number of phenolic OH excluding ortho intramolecular Hbond substituents is 1. The Bertz CT molecular complexity index is 1500. The van der Waals surface area contributed by atoms with Crippen LogP contribution in [0.1, 0.15) is 48.2 Å². The normalized spacial score (nSPS) is 10.7. The molecule has 0 saturated carbocycles. The van der Waals surface area contributed by atoms with E-state index in [2.05, 4.69) is 5.18 Å². The summed E-state index contributed by atoms with van der Waals surface area (Å²) in [6.07, 6.45) is 2.81. The number of ether oxygens (including phenoxy) is 3. The number of benzene rings is 4. The van der Waals surface area contributed by atoms with E-state index in [0.717, 1.165) is 23.1 Å². The Labute approximate surface area is 238 Å². The monoisotopic (exact) mass is 557 g/mol. The quantitative estimate of drug-likeness (QED) is 0.131. The van der Waals surface area contributed by atoms with Crippen molar-refractivity contribution in [3.8, 4) is 39.9 Å². The molecular weight excluding hydrogens is 525 g/mol. The van der Waals surface area contributed by atoms with Gasteiger partial charge in [0.25, 0.3) is 0 Å². The van der Waals surface area contributed by atoms with Crippen molar-refractivity contribution in [2.45, 2.75) is 39.5 Å². The molecule has 0 bridgehead atoms. The summed E-state index contributed by atoms with van der Waals surface area (Å²) in [5.74, 6) is 0.883. The number of nitroso groups, excluding NO2 is 1. The summed E-state index contributed by atoms with van der Waals surface area (Å²) in [5, 5.41) is 13.1. The minimum absolute atomic E-state index is 0.0632. The molecule has 4 aromatic carbocycles. The smallest absolute Gasteiger partial charge is 0.320 e. The fraction of sp³-hybridized carbons (Fsp3) is 0.242. The van der Waals surface area contributed by atoms with Crippen LogP contribution in [0.3, 0.4) is 0 Å². The predicted octanol–water partition coefficient (Wildman–Crippen LogP) is 8.26. The van der Waals surface area contributed by atoms with Crippen LogP contribution in [-0.4, -0.2) is 24.2 Å². The molecule has 0 aliphatic heterocycles. The number of phenols is 1. The summed E-state index contributed by atoms with van der Waals surface area (Å²) in [7, 11) is 0. The number of para-hydroxylation sites is 1. The Morgan fingerprint density at radius 3 is 2.24 bits per heavy atom. The van der Waals surface area contributed by atoms with Gasteiger partial charge in [-0.2, -0.15) is 0 Å². The van der Waals surface area contributed by atoms with E-state index in [0.29, 0.717) is 55.3 Å². The highest BCUT2D eigenvalue weighted by Gasteiger charge is 2.17. The van der Waals surface area contributed by atoms with Gasteiger partial charge < -0.3 is 19.3 Å². The second-order valence-electron chi connectivity index (χ2n) is 9.37. The molecule has 0 unspecified atom stereocenters. The molecule has 4 aromatic rings. The highest BCUT2D eigenvalue weighted by atomic mass is 19.1. The van der Waals surface area contributed by atoms with Gasteiger partial charge in [-0.15, -0.1) is 4.91 Å². The van der Waals surface area contributed by atoms with Crippen LogP contribution in [0.25, 0.3) is 11.1 Å². The molecule has 1 N–H and O–H groups in total. The van der Waals surface area contributed by atoms with Gasteiger partial charge in [0, 0.05) is 28.8 Å². The zero-order valence-corrected chi connectivity index (χ0v) is 23.1. The topological polar surface area (TPSA) is 94.4 Å². The van der Waals surface area contributed by atoms with Crippen molar-refractivity contribution in [3.63, 3.8) is 0 Å². The summed E-state index contributed by atoms with van der Waals surface area (Å²) in [6, 6.07) is 21.4. The summed E-state index contributed by atoms with van der Waals surface area (Å²) in [5.41, 5.74) is 3.23. The number of halogens is 1. The van der Waals surface area contributed by atoms with E-state index in [1.807, 2.05) is 32.0 Å². The maximum atomic E-state index is 13.3. The number of aryl methyl sites for hydroxylation is 1. The Kier molecular flexibility index (Phi) is 10.0. The molecule has 0 aromatic heterocycles. The standard InChI is InChI=1S/C33H32FNO6/c1-3-9-25-29(12-7-13-30(25)41-31-11-6-5-10-26(31)33(37)35-38)39-18-8-19-40-32-21-28(36)27(20-22(32)4-2)23-14-16-24(34)17-15-23/h5-7,10-17,20-21,36H,3-4,8-9,18-19H2,1-2H3. The molecule has 4 rings (SSSR count). The molecule has 0 fully saturated rings. The lowest BCUT2D eigenvalue weighted by molar-refractivity contribution is 0.0998. The zero-order valence-electron chi connectivity index (χ0n) is 23.1. The Morgan fingerprint density at radius 1 is 0.854 bits per heavy atom. The maximum Gasteiger partial charge on any atom is 0.320 e. The molecule has 0 aliphatic carbocycles. The van der Waals surface area contributed by atoms with E-state index in [1.165, 1.54) is 18.2 Å². The minimum atomic E-state index is -0.894. The molecule has 0 saturated heterocycles. The van der Waals surface area contributed by atoms with Crippen molar-refractivity contribution in [1.82, 2.24) is 0 Å². The highest BCUT2D eigenvalue weighted by molar-refractivity contribution is 5.97. The molecule has 7 nitrogen and oxygen atoms in total. The van der Waals surface area contributed by atoms with E-state index in [1.54, 1.807) is 42.5 Å². The van der Waals surface area contributed by atoms with E-state index in [4.69, 9.17) is 14.2 Å². The van der Waals surface area contributed by atoms with Gasteiger partial charge in [0.15, 0.2) is 0 Å². The van der Waals surface area contributed by atoms with Gasteiger partial charge in [0.1, 0.15) is 34.6 Å². The van der Waals surface area contributed by atoms with Gasteiger partial charge in [-0.1, -0.05) is 50.6 Å². The molecule has 212 valence electrons. The van der Waals surface area contributed by atoms with E-state index in [-0.39, 0.29) is 22.9 Å². The lowest BCUT2D eigenvalue weighted by Gasteiger charge is -2.17. The Balaban J connectivity index is 1.41. The van der Waals surface area contributed by atoms with Crippen molar-refractivity contribution in [2.75, 3.05) is 13.2 Å². The van der Waals surface area contributed by atoms with Gasteiger partial charge in [-0.05, 0) is 66.4 Å². The number of rotatable bonds is 13. The molecule has 8 heteroatoms. The highest BCUT2D eigenvalue weighted by Crippen LogP contribution is 2.37. The fourth-order valence-electron chi connectivity index (χ4n) is 4.48.